The number of unbranched alkanes of at least 4 members (excludes halogenated alkanes) is 16. The van der Waals surface area contributed by atoms with Crippen molar-refractivity contribution in [3.05, 3.63) is 88.0 Å². The van der Waals surface area contributed by atoms with Gasteiger partial charge in [-0.15, -0.1) is 0 Å². The van der Waals surface area contributed by atoms with E-state index >= 15 is 0 Å². The van der Waals surface area contributed by atoms with E-state index in [9.17, 15) is 73.5 Å². The van der Waals surface area contributed by atoms with Crippen molar-refractivity contribution in [1.29, 1.82) is 0 Å². The van der Waals surface area contributed by atoms with Crippen molar-refractivity contribution in [3.8, 4) is 17.2 Å². The fourth-order valence-electron chi connectivity index (χ4n) is 25.4. The average molecular weight is 1980 g/mol. The third-order valence-electron chi connectivity index (χ3n) is 33.2. The number of nitrogens with two attached hydrogens (primary N) is 2. The van der Waals surface area contributed by atoms with Crippen LogP contribution in [0.15, 0.2) is 54.6 Å². The number of carbonyl (C=O) groups is 10. The molecule has 3 aromatic rings. The van der Waals surface area contributed by atoms with Crippen LogP contribution in [-0.4, -0.2) is 179 Å². The number of benzene rings is 3. The zero-order valence-corrected chi connectivity index (χ0v) is 86.5. The van der Waals surface area contributed by atoms with Crippen molar-refractivity contribution in [2.75, 3.05) is 52.5 Å². The first-order valence-corrected chi connectivity index (χ1v) is 56.1. The van der Waals surface area contributed by atoms with Crippen molar-refractivity contribution < 1.29 is 107 Å². The summed E-state index contributed by atoms with van der Waals surface area (Å²) in [6.45, 7) is 10.5. The lowest BCUT2D eigenvalue weighted by molar-refractivity contribution is -0.162. The van der Waals surface area contributed by atoms with Crippen LogP contribution in [0.5, 0.6) is 17.2 Å². The van der Waals surface area contributed by atoms with Crippen LogP contribution >= 0.6 is 0 Å². The molecule has 0 saturated heterocycles. The topological polar surface area (TPSA) is 436 Å². The molecule has 3 amide bonds. The van der Waals surface area contributed by atoms with Crippen LogP contribution in [0.4, 0.5) is 0 Å². The minimum atomic E-state index is -1.01. The van der Waals surface area contributed by atoms with Gasteiger partial charge in [0.15, 0.2) is 19.8 Å². The lowest BCUT2D eigenvalue weighted by Gasteiger charge is -2.33. The number of ether oxygens (including phenoxy) is 6. The molecule has 6 unspecified atom stereocenters. The number of Topliss-reactive ketones (excluding diaryl/α,β-unsaturated/α-hetero) is 1. The van der Waals surface area contributed by atoms with Gasteiger partial charge < -0.3 is 86.5 Å². The Bertz CT molecular complexity index is 4350. The Morgan fingerprint density at radius 3 is 1.08 bits per heavy atom. The first-order valence-electron chi connectivity index (χ1n) is 56.1. The molecule has 142 heavy (non-hydrogen) atoms. The summed E-state index contributed by atoms with van der Waals surface area (Å²) >= 11 is 0. The van der Waals surface area contributed by atoms with Crippen LogP contribution in [0.1, 0.15) is 369 Å². The Morgan fingerprint density at radius 1 is 0.373 bits per heavy atom. The molecule has 0 bridgehead atoms. The second-order valence-corrected chi connectivity index (χ2v) is 43.2. The summed E-state index contributed by atoms with van der Waals surface area (Å²) < 4.78 is 36.1. The second kappa shape index (κ2) is 62.7. The number of carboxylic acids is 3. The van der Waals surface area contributed by atoms with Crippen LogP contribution in [0.2, 0.25) is 0 Å². The maximum absolute atomic E-state index is 13.9. The van der Waals surface area contributed by atoms with Gasteiger partial charge in [0.05, 0.1) is 53.8 Å². The van der Waals surface area contributed by atoms with E-state index in [2.05, 4.69) is 54.9 Å². The number of carboxylic acid groups (broad SMARTS) is 3. The van der Waals surface area contributed by atoms with Crippen molar-refractivity contribution in [3.63, 3.8) is 0 Å². The maximum atomic E-state index is 13.9. The van der Waals surface area contributed by atoms with E-state index < -0.39 is 41.8 Å². The molecule has 0 aliphatic heterocycles. The summed E-state index contributed by atoms with van der Waals surface area (Å²) in [6.07, 6.45) is 45.3. The molecule has 9 aliphatic carbocycles. The van der Waals surface area contributed by atoms with E-state index in [1.807, 2.05) is 43.3 Å². The number of aliphatic carboxylic acids is 3. The van der Waals surface area contributed by atoms with Gasteiger partial charge in [-0.3, -0.25) is 33.6 Å². The van der Waals surface area contributed by atoms with Crippen LogP contribution in [-0.2, 0) is 101 Å². The highest BCUT2D eigenvalue weighted by atomic mass is 16.6. The normalized spacial score (nSPS) is 25.6. The van der Waals surface area contributed by atoms with Crippen molar-refractivity contribution in [2.45, 2.75) is 411 Å². The molecular formula is C115H179N5O22. The molecule has 12 rings (SSSR count). The average Bonchev–Trinajstić information content (AvgIpc) is 1.62. The first kappa shape index (κ1) is 116. The van der Waals surface area contributed by atoms with Crippen molar-refractivity contribution in [2.24, 2.45) is 100 Å². The largest absolute Gasteiger partial charge is 0.482 e. The zero-order valence-electron chi connectivity index (χ0n) is 86.5. The van der Waals surface area contributed by atoms with Gasteiger partial charge in [-0.05, 0) is 317 Å². The highest BCUT2D eigenvalue weighted by Crippen LogP contribution is 2.54. The molecule has 9 aliphatic rings. The smallest absolute Gasteiger partial charge is 0.341 e. The Morgan fingerprint density at radius 2 is 0.711 bits per heavy atom. The van der Waals surface area contributed by atoms with Crippen LogP contribution in [0.25, 0.3) is 0 Å². The lowest BCUT2D eigenvalue weighted by atomic mass is 9.73. The summed E-state index contributed by atoms with van der Waals surface area (Å²) in [7, 11) is 0. The summed E-state index contributed by atoms with van der Waals surface area (Å²) in [5.74, 6) is -1.88. The van der Waals surface area contributed by atoms with E-state index in [0.29, 0.717) is 144 Å². The van der Waals surface area contributed by atoms with Crippen LogP contribution < -0.4 is 41.6 Å². The molecule has 21 atom stereocenters. The number of hydrogen-bond donors (Lipinski definition) is 11. The molecule has 796 valence electrons. The number of aliphatic hydroxyl groups is 3. The number of rotatable bonds is 60. The molecule has 0 aromatic heterocycles. The molecule has 6 saturated carbocycles. The summed E-state index contributed by atoms with van der Waals surface area (Å²) in [4.78, 5) is 126. The third-order valence-corrected chi connectivity index (χ3v) is 33.2. The second-order valence-electron chi connectivity index (χ2n) is 43.2. The number of amides is 3. The predicted molar refractivity (Wildman–Crippen MR) is 547 cm³/mol. The maximum Gasteiger partial charge on any atom is 0.341 e. The molecule has 27 heteroatoms. The quantitative estimate of drug-likeness (QED) is 0.0142. The molecule has 0 radical (unpaired) electrons. The fourth-order valence-corrected chi connectivity index (χ4v) is 25.4. The molecule has 13 N–H and O–H groups in total. The van der Waals surface area contributed by atoms with Crippen molar-refractivity contribution in [1.82, 2.24) is 16.0 Å². The van der Waals surface area contributed by atoms with Crippen LogP contribution in [0.3, 0.4) is 0 Å². The van der Waals surface area contributed by atoms with Crippen LogP contribution in [0, 0.1) is 88.8 Å². The van der Waals surface area contributed by atoms with E-state index in [1.165, 1.54) is 5.56 Å². The SMILES string of the molecule is CCCCC[C@@H](CC[C@@H]1[C@H]2Cc3cccc(OCC(=O)O)c3C[C@H]2C[C@H]1O)OC(=O)C1CCCCC1C(=O)NCCCCCCN.CCCCC[C@H](O)CC[C@@H]1[C@H]2Cc3cccc(OCC(=O)O)c3C[C@H]2C[C@H]1OC(=O)C1CCCCC1C(=O)NCCCCCCCC(=O)CC.CCCCC[C@H](O)CC[C@@H]1[C@H]2Cc3cccc(OCC(=O)O)c3C[C@H]2C[C@H]1OC(=O)C1CCCCC1C(=O)NCCCCCCN. The summed E-state index contributed by atoms with van der Waals surface area (Å²) in [5.41, 5.74) is 17.8. The number of aliphatic hydroxyl groups excluding tert-OH is 3. The Hall–Kier alpha value is -8.24. The standard InChI is InChI=1S/C41H63NO8.2C37H58N2O7/c1-3-5-9-17-31(44)21-22-32-35-24-28-15-14-20-37(49-27-39(45)46)36(28)25-29(35)26-38(32)50-41(48)34-19-12-11-18-33(34)40(47)42-23-13-8-6-7-10-16-30(43)4-2;1-2-3-6-13-27(46-37(44)30-15-8-7-14-29(30)36(43)39-20-10-5-4-9-19-38)17-18-28-31-21-25-12-11-16-34(45-24-35(41)42)32(25)22-26(31)23-33(28)40;1-2-3-6-13-27(40)17-18-28-31-21-25-12-11-16-33(45-24-35(41)42)32(25)22-26(31)23-34(28)46-37(44)30-15-8-7-14-29(30)36(43)39-20-10-5-4-9-19-38/h14-15,20,29,31-35,38,44H,3-13,16-19,21-27H2,1-2H3,(H,42,47)(H,45,46);11-12,16,26-31,33,40H,2-10,13-15,17-24,38H2,1H3,(H,39,43)(H,41,42);11-12,16,26-31,34,40H,2-10,13-15,17-24,38H2,1H3,(H,39,43)(H,41,42)/t29-,31-,32+,33?,34?,35-,38+;26-,27-,28+,29?,30?,31-,33+;26-,27-,28+,29?,30?,31-,34+/m000/s1. The van der Waals surface area contributed by atoms with Gasteiger partial charge in [0, 0.05) is 32.5 Å². The summed E-state index contributed by atoms with van der Waals surface area (Å²) in [6, 6.07) is 17.6. The minimum absolute atomic E-state index is 0.0165. The predicted octanol–water partition coefficient (Wildman–Crippen LogP) is 18.5. The third kappa shape index (κ3) is 36.4. The number of hydrogen-bond acceptors (Lipinski definition) is 21. The fraction of sp³-hybridized carbons (Fsp3) is 0.757. The van der Waals surface area contributed by atoms with Gasteiger partial charge in [-0.25, -0.2) is 14.4 Å². The van der Waals surface area contributed by atoms with Gasteiger partial charge in [0.1, 0.15) is 41.3 Å². The number of esters is 3. The van der Waals surface area contributed by atoms with Gasteiger partial charge >= 0.3 is 35.8 Å². The Balaban J connectivity index is 0.000000219. The molecular weight excluding hydrogens is 1800 g/mol. The highest BCUT2D eigenvalue weighted by Gasteiger charge is 2.52. The molecule has 0 spiro atoms. The van der Waals surface area contributed by atoms with E-state index in [4.69, 9.17) is 45.0 Å². The molecule has 0 heterocycles. The van der Waals surface area contributed by atoms with E-state index in [-0.39, 0.29) is 139 Å². The molecule has 6 fully saturated rings. The number of nitrogens with one attached hydrogen (secondary N) is 3. The number of ketones is 1. The van der Waals surface area contributed by atoms with E-state index in [0.717, 1.165) is 304 Å². The van der Waals surface area contributed by atoms with Gasteiger partial charge in [0.2, 0.25) is 17.7 Å². The zero-order chi connectivity index (χ0) is 102. The Labute approximate surface area is 846 Å². The monoisotopic (exact) mass is 1980 g/mol. The van der Waals surface area contributed by atoms with Gasteiger partial charge in [-0.2, -0.15) is 0 Å². The Kier molecular flexibility index (Phi) is 51.1. The van der Waals surface area contributed by atoms with E-state index in [1.54, 1.807) is 0 Å². The lowest BCUT2D eigenvalue weighted by Crippen LogP contribution is -2.42. The number of fused-ring (bicyclic) bond motifs is 6. The molecule has 3 aromatic carbocycles. The molecule has 27 nitrogen and oxygen atoms in total. The first-order chi connectivity index (χ1) is 68.8. The summed E-state index contributed by atoms with van der Waals surface area (Å²) in [5, 5.41) is 69.6. The van der Waals surface area contributed by atoms with Gasteiger partial charge in [-0.1, -0.05) is 199 Å². The van der Waals surface area contributed by atoms with Gasteiger partial charge in [0.25, 0.3) is 0 Å². The number of carbonyl (C=O) groups excluding carboxylic acids is 7. The minimum Gasteiger partial charge on any atom is -0.482 e. The van der Waals surface area contributed by atoms with Crippen molar-refractivity contribution >= 4 is 59.3 Å². The highest BCUT2D eigenvalue weighted by molar-refractivity contribution is 5.87.